The van der Waals surface area contributed by atoms with E-state index in [0.29, 0.717) is 17.9 Å². The Labute approximate surface area is 157 Å². The van der Waals surface area contributed by atoms with E-state index in [4.69, 9.17) is 5.39 Å². The highest BCUT2D eigenvalue weighted by Crippen LogP contribution is 2.27. The van der Waals surface area contributed by atoms with E-state index in [1.54, 1.807) is 12.1 Å². The number of carbonyl (C=O) groups excluding carboxylic acids is 1. The summed E-state index contributed by atoms with van der Waals surface area (Å²) in [5, 5.41) is 14.2. The summed E-state index contributed by atoms with van der Waals surface area (Å²) in [6, 6.07) is 23.8. The number of amides is 1. The van der Waals surface area contributed by atoms with E-state index in [0.717, 1.165) is 6.42 Å². The highest BCUT2D eigenvalue weighted by atomic mass is 16.1. The van der Waals surface area contributed by atoms with Gasteiger partial charge >= 0.3 is 5.08 Å². The molecule has 3 rings (SSSR count). The SMILES string of the molecule is N#[N+]Nc1ccc(C(=O)NCCC(c2ccccc2)c2ccccc2)cn1. The summed E-state index contributed by atoms with van der Waals surface area (Å²) < 4.78 is 0. The second kappa shape index (κ2) is 9.11. The summed E-state index contributed by atoms with van der Waals surface area (Å²) in [4.78, 5) is 16.3. The first-order chi connectivity index (χ1) is 13.3. The zero-order chi connectivity index (χ0) is 18.9. The van der Waals surface area contributed by atoms with Crippen LogP contribution in [0, 0.1) is 5.39 Å². The fraction of sp³-hybridized carbons (Fsp3) is 0.143. The molecular weight excluding hydrogens is 338 g/mol. The Hall–Kier alpha value is -3.72. The third kappa shape index (κ3) is 4.89. The van der Waals surface area contributed by atoms with Crippen molar-refractivity contribution in [1.29, 1.82) is 5.39 Å². The third-order valence-electron chi connectivity index (χ3n) is 4.31. The number of nitrogens with zero attached hydrogens (tertiary/aromatic N) is 3. The van der Waals surface area contributed by atoms with E-state index in [2.05, 4.69) is 45.1 Å². The molecule has 2 aromatic carbocycles. The van der Waals surface area contributed by atoms with E-state index in [-0.39, 0.29) is 11.8 Å². The van der Waals surface area contributed by atoms with Gasteiger partial charge in [-0.25, -0.2) is 4.98 Å². The monoisotopic (exact) mass is 358 g/mol. The van der Waals surface area contributed by atoms with Crippen LogP contribution in [0.1, 0.15) is 33.8 Å². The van der Waals surface area contributed by atoms with Crippen LogP contribution in [0.25, 0.3) is 5.08 Å². The molecule has 0 aliphatic carbocycles. The molecule has 0 spiro atoms. The molecule has 0 fully saturated rings. The van der Waals surface area contributed by atoms with Crippen molar-refractivity contribution >= 4 is 11.7 Å². The predicted molar refractivity (Wildman–Crippen MR) is 105 cm³/mol. The average molecular weight is 358 g/mol. The molecule has 0 bridgehead atoms. The fourth-order valence-corrected chi connectivity index (χ4v) is 2.97. The van der Waals surface area contributed by atoms with Crippen molar-refractivity contribution in [3.8, 4) is 0 Å². The van der Waals surface area contributed by atoms with Gasteiger partial charge in [-0.15, -0.1) is 0 Å². The van der Waals surface area contributed by atoms with Crippen molar-refractivity contribution in [2.75, 3.05) is 12.0 Å². The van der Waals surface area contributed by atoms with E-state index in [1.807, 2.05) is 36.4 Å². The van der Waals surface area contributed by atoms with E-state index in [9.17, 15) is 4.79 Å². The maximum Gasteiger partial charge on any atom is 0.309 e. The largest absolute Gasteiger partial charge is 0.352 e. The summed E-state index contributed by atoms with van der Waals surface area (Å²) in [6.07, 6.45) is 2.23. The molecule has 6 heteroatoms. The van der Waals surface area contributed by atoms with Crippen LogP contribution >= 0.6 is 0 Å². The standard InChI is InChI=1S/C21H19N5O/c22-26-25-20-12-11-18(15-24-20)21(27)23-14-13-19(16-7-3-1-4-8-16)17-9-5-2-6-10-17/h1-12,15,19H,13-14H2,(H-,23,24,25,27)/p+1. The fourth-order valence-electron chi connectivity index (χ4n) is 2.97. The van der Waals surface area contributed by atoms with Crippen molar-refractivity contribution in [1.82, 2.24) is 10.3 Å². The second-order valence-corrected chi connectivity index (χ2v) is 6.06. The lowest BCUT2D eigenvalue weighted by Crippen LogP contribution is -2.26. The number of aromatic nitrogens is 1. The van der Waals surface area contributed by atoms with Crippen molar-refractivity contribution in [3.63, 3.8) is 0 Å². The topological polar surface area (TPSA) is 82.2 Å². The summed E-state index contributed by atoms with van der Waals surface area (Å²) in [5.41, 5.74) is 5.21. The van der Waals surface area contributed by atoms with Gasteiger partial charge in [-0.2, -0.15) is 0 Å². The van der Waals surface area contributed by atoms with Gasteiger partial charge in [0.1, 0.15) is 0 Å². The molecule has 6 nitrogen and oxygen atoms in total. The van der Waals surface area contributed by atoms with Gasteiger partial charge in [-0.3, -0.25) is 4.79 Å². The lowest BCUT2D eigenvalue weighted by atomic mass is 9.88. The summed E-state index contributed by atoms with van der Waals surface area (Å²) in [7, 11) is 0. The van der Waals surface area contributed by atoms with Crippen molar-refractivity contribution in [3.05, 3.63) is 101 Å². The quantitative estimate of drug-likeness (QED) is 0.489. The lowest BCUT2D eigenvalue weighted by molar-refractivity contribution is 0.0952. The van der Waals surface area contributed by atoms with E-state index in [1.165, 1.54) is 17.3 Å². The molecule has 0 atom stereocenters. The normalized spacial score (nSPS) is 10.2. The Balaban J connectivity index is 1.64. The van der Waals surface area contributed by atoms with Crippen molar-refractivity contribution in [2.24, 2.45) is 0 Å². The minimum absolute atomic E-state index is 0.185. The van der Waals surface area contributed by atoms with Gasteiger partial charge in [-0.1, -0.05) is 60.7 Å². The van der Waals surface area contributed by atoms with Crippen LogP contribution < -0.4 is 10.7 Å². The molecule has 3 aromatic rings. The minimum Gasteiger partial charge on any atom is -0.352 e. The Kier molecular flexibility index (Phi) is 6.10. The van der Waals surface area contributed by atoms with Gasteiger partial charge in [0.05, 0.1) is 5.56 Å². The van der Waals surface area contributed by atoms with E-state index >= 15 is 0 Å². The molecule has 1 aromatic heterocycles. The molecule has 0 unspecified atom stereocenters. The number of hydrogen-bond donors (Lipinski definition) is 2. The zero-order valence-electron chi connectivity index (χ0n) is 14.7. The lowest BCUT2D eigenvalue weighted by Gasteiger charge is -2.18. The number of pyridine rings is 1. The van der Waals surface area contributed by atoms with Gasteiger partial charge in [0, 0.05) is 24.1 Å². The van der Waals surface area contributed by atoms with Gasteiger partial charge in [-0.05, 0) is 29.7 Å². The minimum atomic E-state index is -0.185. The number of hydrogen-bond acceptors (Lipinski definition) is 4. The number of rotatable bonds is 7. The van der Waals surface area contributed by atoms with Gasteiger partial charge in [0.25, 0.3) is 11.3 Å². The number of benzene rings is 2. The van der Waals surface area contributed by atoms with Crippen LogP contribution in [0.2, 0.25) is 0 Å². The zero-order valence-corrected chi connectivity index (χ0v) is 14.7. The highest BCUT2D eigenvalue weighted by Gasteiger charge is 2.14. The summed E-state index contributed by atoms with van der Waals surface area (Å²) in [6.45, 7) is 0.541. The molecule has 1 heterocycles. The predicted octanol–water partition coefficient (Wildman–Crippen LogP) is 4.21. The first-order valence-electron chi connectivity index (χ1n) is 8.72. The molecule has 0 saturated carbocycles. The molecule has 0 aliphatic heterocycles. The molecule has 27 heavy (non-hydrogen) atoms. The van der Waals surface area contributed by atoms with Crippen LogP contribution in [-0.4, -0.2) is 17.4 Å². The smallest absolute Gasteiger partial charge is 0.309 e. The second-order valence-electron chi connectivity index (χ2n) is 6.06. The average Bonchev–Trinajstić information content (AvgIpc) is 2.73. The van der Waals surface area contributed by atoms with Crippen LogP contribution in [0.15, 0.2) is 79.0 Å². The molecule has 1 amide bonds. The van der Waals surface area contributed by atoms with Crippen LogP contribution in [0.5, 0.6) is 0 Å². The van der Waals surface area contributed by atoms with Gasteiger partial charge in [0.2, 0.25) is 5.82 Å². The Bertz CT molecular complexity index is 865. The first kappa shape index (κ1) is 18.1. The Morgan fingerprint density at radius 2 is 1.59 bits per heavy atom. The maximum absolute atomic E-state index is 12.3. The molecule has 0 aliphatic rings. The molecule has 0 saturated heterocycles. The summed E-state index contributed by atoms with van der Waals surface area (Å²) >= 11 is 0. The highest BCUT2D eigenvalue weighted by molar-refractivity contribution is 5.94. The van der Waals surface area contributed by atoms with E-state index < -0.39 is 0 Å². The molecule has 134 valence electrons. The molecular formula is C21H20N5O+. The van der Waals surface area contributed by atoms with Crippen LogP contribution in [0.4, 0.5) is 5.82 Å². The Morgan fingerprint density at radius 1 is 0.963 bits per heavy atom. The number of anilines is 1. The van der Waals surface area contributed by atoms with Crippen molar-refractivity contribution in [2.45, 2.75) is 12.3 Å². The first-order valence-corrected chi connectivity index (χ1v) is 8.72. The maximum atomic E-state index is 12.3. The Morgan fingerprint density at radius 3 is 2.11 bits per heavy atom. The molecule has 0 radical (unpaired) electrons. The molecule has 2 N–H and O–H groups in total. The number of diazo groups is 1. The van der Waals surface area contributed by atoms with Gasteiger partial charge in [0.15, 0.2) is 0 Å². The third-order valence-corrected chi connectivity index (χ3v) is 4.31. The van der Waals surface area contributed by atoms with Crippen LogP contribution in [-0.2, 0) is 0 Å². The van der Waals surface area contributed by atoms with Crippen molar-refractivity contribution < 1.29 is 4.79 Å². The number of carbonyl (C=O) groups is 1. The summed E-state index contributed by atoms with van der Waals surface area (Å²) in [5.74, 6) is 0.390. The van der Waals surface area contributed by atoms with Gasteiger partial charge < -0.3 is 5.32 Å². The van der Waals surface area contributed by atoms with Crippen LogP contribution in [0.3, 0.4) is 0 Å². The number of nitrogens with one attached hydrogen (secondary N) is 2.